The first-order valence-corrected chi connectivity index (χ1v) is 7.24. The van der Waals surface area contributed by atoms with Gasteiger partial charge in [0.2, 0.25) is 0 Å². The Hall–Kier alpha value is -1.33. The molecular formula is C15H17F2NOS. The van der Waals surface area contributed by atoms with E-state index in [1.165, 1.54) is 23.5 Å². The molecule has 1 atom stereocenters. The minimum absolute atomic E-state index is 0.0108. The summed E-state index contributed by atoms with van der Waals surface area (Å²) >= 11 is 1.46. The Morgan fingerprint density at radius 3 is 2.60 bits per heavy atom. The summed E-state index contributed by atoms with van der Waals surface area (Å²) in [5.74, 6) is -1.80. The van der Waals surface area contributed by atoms with Gasteiger partial charge in [0.05, 0.1) is 10.7 Å². The van der Waals surface area contributed by atoms with Crippen LogP contribution in [0, 0.1) is 11.6 Å². The molecule has 5 heteroatoms. The highest BCUT2D eigenvalue weighted by Crippen LogP contribution is 2.29. The van der Waals surface area contributed by atoms with E-state index in [4.69, 9.17) is 0 Å². The fourth-order valence-corrected chi connectivity index (χ4v) is 2.76. The molecule has 0 amide bonds. The monoisotopic (exact) mass is 297 g/mol. The molecule has 0 saturated carbocycles. The Balaban J connectivity index is 2.18. The van der Waals surface area contributed by atoms with Crippen LogP contribution in [0.3, 0.4) is 0 Å². The highest BCUT2D eigenvalue weighted by atomic mass is 32.1. The molecule has 108 valence electrons. The Kier molecular flexibility index (Phi) is 4.20. The Morgan fingerprint density at radius 2 is 2.00 bits per heavy atom. The van der Waals surface area contributed by atoms with Gasteiger partial charge in [-0.15, -0.1) is 11.3 Å². The SMILES string of the molecule is CC(C)(C)c1nc(C(O)Cc2cccc(F)c2F)cs1. The minimum atomic E-state index is -0.932. The van der Waals surface area contributed by atoms with Crippen LogP contribution < -0.4 is 0 Å². The van der Waals surface area contributed by atoms with Gasteiger partial charge in [-0.3, -0.25) is 0 Å². The Labute approximate surface area is 121 Å². The van der Waals surface area contributed by atoms with E-state index in [1.54, 1.807) is 5.38 Å². The molecule has 0 spiro atoms. The third-order valence-electron chi connectivity index (χ3n) is 2.95. The van der Waals surface area contributed by atoms with E-state index < -0.39 is 17.7 Å². The molecule has 1 heterocycles. The standard InChI is InChI=1S/C15H17F2NOS/c1-15(2,3)14-18-11(8-20-14)12(19)7-9-5-4-6-10(16)13(9)17/h4-6,8,12,19H,7H2,1-3H3. The highest BCUT2D eigenvalue weighted by Gasteiger charge is 2.21. The summed E-state index contributed by atoms with van der Waals surface area (Å²) in [6, 6.07) is 3.96. The minimum Gasteiger partial charge on any atom is -0.386 e. The number of hydrogen-bond acceptors (Lipinski definition) is 3. The lowest BCUT2D eigenvalue weighted by molar-refractivity contribution is 0.172. The van der Waals surface area contributed by atoms with Crippen LogP contribution in [0.15, 0.2) is 23.6 Å². The molecule has 1 aromatic heterocycles. The summed E-state index contributed by atoms with van der Waals surface area (Å²) in [5, 5.41) is 12.8. The molecule has 1 N–H and O–H groups in total. The molecule has 2 rings (SSSR count). The van der Waals surface area contributed by atoms with Crippen molar-refractivity contribution in [3.8, 4) is 0 Å². The van der Waals surface area contributed by atoms with E-state index in [0.717, 1.165) is 11.1 Å². The van der Waals surface area contributed by atoms with Crippen molar-refractivity contribution >= 4 is 11.3 Å². The normalized spacial score (nSPS) is 13.5. The number of aliphatic hydroxyl groups is 1. The Bertz CT molecular complexity index is 604. The van der Waals surface area contributed by atoms with Crippen LogP contribution in [0.25, 0.3) is 0 Å². The quantitative estimate of drug-likeness (QED) is 0.929. The maximum Gasteiger partial charge on any atom is 0.162 e. The van der Waals surface area contributed by atoms with Crippen LogP contribution in [-0.2, 0) is 11.8 Å². The van der Waals surface area contributed by atoms with Crippen LogP contribution in [0.4, 0.5) is 8.78 Å². The van der Waals surface area contributed by atoms with Crippen molar-refractivity contribution in [1.82, 2.24) is 4.98 Å². The van der Waals surface area contributed by atoms with Gasteiger partial charge in [0.15, 0.2) is 11.6 Å². The van der Waals surface area contributed by atoms with Gasteiger partial charge in [0.1, 0.15) is 6.10 Å². The van der Waals surface area contributed by atoms with Crippen LogP contribution in [0.1, 0.15) is 43.1 Å². The van der Waals surface area contributed by atoms with Gasteiger partial charge < -0.3 is 5.11 Å². The van der Waals surface area contributed by atoms with E-state index in [-0.39, 0.29) is 17.4 Å². The number of rotatable bonds is 3. The fourth-order valence-electron chi connectivity index (χ4n) is 1.80. The van der Waals surface area contributed by atoms with Gasteiger partial charge in [-0.05, 0) is 11.6 Å². The molecule has 0 aliphatic heterocycles. The average molecular weight is 297 g/mol. The maximum absolute atomic E-state index is 13.6. The first kappa shape index (κ1) is 15.1. The van der Waals surface area contributed by atoms with Crippen molar-refractivity contribution < 1.29 is 13.9 Å². The third-order valence-corrected chi connectivity index (χ3v) is 4.24. The number of nitrogens with zero attached hydrogens (tertiary/aromatic N) is 1. The molecule has 1 unspecified atom stereocenters. The number of aromatic nitrogens is 1. The van der Waals surface area contributed by atoms with Gasteiger partial charge >= 0.3 is 0 Å². The average Bonchev–Trinajstić information content (AvgIpc) is 2.84. The lowest BCUT2D eigenvalue weighted by Crippen LogP contribution is -2.11. The maximum atomic E-state index is 13.6. The molecule has 0 aliphatic rings. The number of benzene rings is 1. The molecule has 0 bridgehead atoms. The van der Waals surface area contributed by atoms with Crippen LogP contribution >= 0.6 is 11.3 Å². The fraction of sp³-hybridized carbons (Fsp3) is 0.400. The van der Waals surface area contributed by atoms with Gasteiger partial charge in [-0.25, -0.2) is 13.8 Å². The lowest BCUT2D eigenvalue weighted by atomic mass is 9.98. The summed E-state index contributed by atoms with van der Waals surface area (Å²) < 4.78 is 26.7. The van der Waals surface area contributed by atoms with Gasteiger partial charge in [-0.2, -0.15) is 0 Å². The first-order chi connectivity index (χ1) is 9.29. The van der Waals surface area contributed by atoms with E-state index >= 15 is 0 Å². The topological polar surface area (TPSA) is 33.1 Å². The largest absolute Gasteiger partial charge is 0.386 e. The van der Waals surface area contributed by atoms with Crippen LogP contribution in [0.5, 0.6) is 0 Å². The van der Waals surface area contributed by atoms with E-state index in [1.807, 2.05) is 20.8 Å². The number of hydrogen-bond donors (Lipinski definition) is 1. The first-order valence-electron chi connectivity index (χ1n) is 6.36. The van der Waals surface area contributed by atoms with Crippen molar-refractivity contribution in [2.24, 2.45) is 0 Å². The molecule has 0 saturated heterocycles. The summed E-state index contributed by atoms with van der Waals surface area (Å²) in [6.45, 7) is 6.11. The predicted molar refractivity (Wildman–Crippen MR) is 75.8 cm³/mol. The second-order valence-corrected chi connectivity index (χ2v) is 6.62. The smallest absolute Gasteiger partial charge is 0.162 e. The van der Waals surface area contributed by atoms with Gasteiger partial charge in [0, 0.05) is 17.2 Å². The third kappa shape index (κ3) is 3.22. The van der Waals surface area contributed by atoms with E-state index in [0.29, 0.717) is 5.69 Å². The lowest BCUT2D eigenvalue weighted by Gasteiger charge is -2.14. The van der Waals surface area contributed by atoms with Crippen LogP contribution in [0.2, 0.25) is 0 Å². The van der Waals surface area contributed by atoms with Crippen molar-refractivity contribution in [3.63, 3.8) is 0 Å². The zero-order valence-electron chi connectivity index (χ0n) is 11.7. The number of thiazole rings is 1. The van der Waals surface area contributed by atoms with Gasteiger partial charge in [0.25, 0.3) is 0 Å². The zero-order valence-corrected chi connectivity index (χ0v) is 12.5. The molecule has 0 fully saturated rings. The summed E-state index contributed by atoms with van der Waals surface area (Å²) in [7, 11) is 0. The van der Waals surface area contributed by atoms with E-state index in [9.17, 15) is 13.9 Å². The predicted octanol–water partition coefficient (Wildman–Crippen LogP) is 3.99. The molecule has 2 aromatic rings. The van der Waals surface area contributed by atoms with Crippen LogP contribution in [-0.4, -0.2) is 10.1 Å². The van der Waals surface area contributed by atoms with Crippen molar-refractivity contribution in [3.05, 3.63) is 51.5 Å². The summed E-state index contributed by atoms with van der Waals surface area (Å²) in [5.41, 5.74) is 0.568. The van der Waals surface area contributed by atoms with Crippen molar-refractivity contribution in [2.75, 3.05) is 0 Å². The molecular weight excluding hydrogens is 280 g/mol. The number of aliphatic hydroxyl groups excluding tert-OH is 1. The highest BCUT2D eigenvalue weighted by molar-refractivity contribution is 7.09. The molecule has 1 aromatic carbocycles. The molecule has 0 aliphatic carbocycles. The summed E-state index contributed by atoms with van der Waals surface area (Å²) in [4.78, 5) is 4.38. The second kappa shape index (κ2) is 5.58. The zero-order chi connectivity index (χ0) is 14.9. The molecule has 0 radical (unpaired) electrons. The molecule has 2 nitrogen and oxygen atoms in total. The van der Waals surface area contributed by atoms with Gasteiger partial charge in [-0.1, -0.05) is 32.9 Å². The molecule has 20 heavy (non-hydrogen) atoms. The number of halogens is 2. The summed E-state index contributed by atoms with van der Waals surface area (Å²) in [6.07, 6.45) is -0.921. The Morgan fingerprint density at radius 1 is 1.30 bits per heavy atom. The van der Waals surface area contributed by atoms with Crippen molar-refractivity contribution in [2.45, 2.75) is 38.7 Å². The van der Waals surface area contributed by atoms with Crippen molar-refractivity contribution in [1.29, 1.82) is 0 Å². The van der Waals surface area contributed by atoms with E-state index in [2.05, 4.69) is 4.98 Å². The second-order valence-electron chi connectivity index (χ2n) is 5.76.